The molecule has 0 amide bonds. The van der Waals surface area contributed by atoms with Gasteiger partial charge >= 0.3 is 12.5 Å². The summed E-state index contributed by atoms with van der Waals surface area (Å²) in [6.07, 6.45) is 0. The van der Waals surface area contributed by atoms with E-state index in [1.54, 1.807) is 7.11 Å². The van der Waals surface area contributed by atoms with E-state index < -0.39 is 5.54 Å². The number of benzene rings is 3. The zero-order chi connectivity index (χ0) is 21.0. The van der Waals surface area contributed by atoms with Gasteiger partial charge in [0.25, 0.3) is 0 Å². The van der Waals surface area contributed by atoms with Gasteiger partial charge in [-0.25, -0.2) is 4.99 Å². The van der Waals surface area contributed by atoms with E-state index in [9.17, 15) is 4.79 Å². The number of rotatable bonds is 6. The lowest BCUT2D eigenvalue weighted by Gasteiger charge is -2.26. The summed E-state index contributed by atoms with van der Waals surface area (Å²) in [7, 11) is 1.62. The van der Waals surface area contributed by atoms with Gasteiger partial charge in [0.2, 0.25) is 0 Å². The van der Waals surface area contributed by atoms with Crippen LogP contribution in [-0.4, -0.2) is 26.2 Å². The number of hydrogen-bond acceptors (Lipinski definition) is 6. The van der Waals surface area contributed by atoms with Crippen molar-refractivity contribution in [2.24, 2.45) is 4.99 Å². The van der Waals surface area contributed by atoms with Gasteiger partial charge in [-0.15, -0.1) is 0 Å². The van der Waals surface area contributed by atoms with E-state index in [0.29, 0.717) is 10.8 Å². The summed E-state index contributed by atoms with van der Waals surface area (Å²) in [4.78, 5) is 19.9. The predicted molar refractivity (Wildman–Crippen MR) is 114 cm³/mol. The van der Waals surface area contributed by atoms with Crippen LogP contribution in [0.5, 0.6) is 5.75 Å². The van der Waals surface area contributed by atoms with Crippen molar-refractivity contribution in [2.75, 3.05) is 13.7 Å². The van der Waals surface area contributed by atoms with Crippen molar-refractivity contribution < 1.29 is 19.1 Å². The number of aliphatic imine (C=N–C) groups is 1. The third-order valence-corrected chi connectivity index (χ3v) is 5.19. The van der Waals surface area contributed by atoms with E-state index >= 15 is 0 Å². The van der Waals surface area contributed by atoms with Gasteiger partial charge in [0.1, 0.15) is 12.4 Å². The number of ether oxygens (including phenoxy) is 2. The summed E-state index contributed by atoms with van der Waals surface area (Å²) in [5.41, 5.74) is 5.36. The normalized spacial score (nSPS) is 17.6. The van der Waals surface area contributed by atoms with E-state index in [1.165, 1.54) is 0 Å². The smallest absolute Gasteiger partial charge is 0.320 e. The Morgan fingerprint density at radius 1 is 1.03 bits per heavy atom. The first-order valence-corrected chi connectivity index (χ1v) is 9.61. The van der Waals surface area contributed by atoms with Crippen molar-refractivity contribution in [3.05, 3.63) is 88.9 Å². The molecule has 0 spiro atoms. The first kappa shape index (κ1) is 19.8. The monoisotopic (exact) mass is 422 g/mol. The molecule has 1 heterocycles. The summed E-state index contributed by atoms with van der Waals surface area (Å²) in [5, 5.41) is 0.667. The molecule has 0 aromatic heterocycles. The van der Waals surface area contributed by atoms with Crippen LogP contribution in [0.3, 0.4) is 0 Å². The fourth-order valence-corrected chi connectivity index (χ4v) is 3.69. The molecule has 4 rings (SSSR count). The average molecular weight is 423 g/mol. The maximum Gasteiger partial charge on any atom is 0.320 e. The molecule has 7 heteroatoms. The fourth-order valence-electron chi connectivity index (χ4n) is 3.50. The highest BCUT2D eigenvalue weighted by atomic mass is 35.5. The third kappa shape index (κ3) is 3.82. The van der Waals surface area contributed by atoms with Gasteiger partial charge < -0.3 is 14.3 Å². The maximum absolute atomic E-state index is 10.6. The Kier molecular flexibility index (Phi) is 5.59. The Labute approximate surface area is 179 Å². The number of halogens is 1. The number of hydrogen-bond donors (Lipinski definition) is 1. The molecule has 3 aromatic carbocycles. The fraction of sp³-hybridized carbons (Fsp3) is 0.130. The average Bonchev–Trinajstić information content (AvgIpc) is 3.23. The second-order valence-corrected chi connectivity index (χ2v) is 7.14. The molecule has 6 nitrogen and oxygen atoms in total. The van der Waals surface area contributed by atoms with Crippen LogP contribution < -0.4 is 10.2 Å². The largest absolute Gasteiger partial charge is 0.497 e. The number of nitrogens with zero attached hydrogens (tertiary/aromatic N) is 1. The molecule has 152 valence electrons. The predicted octanol–water partition coefficient (Wildman–Crippen LogP) is 4.32. The lowest BCUT2D eigenvalue weighted by Crippen LogP contribution is -2.27. The molecule has 1 aliphatic rings. The summed E-state index contributed by atoms with van der Waals surface area (Å²) in [6.45, 7) is 0.501. The first-order chi connectivity index (χ1) is 14.6. The van der Waals surface area contributed by atoms with E-state index in [1.807, 2.05) is 66.7 Å². The van der Waals surface area contributed by atoms with Crippen molar-refractivity contribution in [3.63, 3.8) is 0 Å². The molecule has 0 aliphatic carbocycles. The zero-order valence-electron chi connectivity index (χ0n) is 16.2. The maximum atomic E-state index is 10.6. The van der Waals surface area contributed by atoms with Gasteiger partial charge in [-0.3, -0.25) is 4.79 Å². The Balaban J connectivity index is 1.84. The van der Waals surface area contributed by atoms with E-state index in [0.717, 1.165) is 22.3 Å². The molecule has 0 saturated heterocycles. The molecule has 0 saturated carbocycles. The van der Waals surface area contributed by atoms with Crippen molar-refractivity contribution in [2.45, 2.75) is 5.54 Å². The van der Waals surface area contributed by atoms with Gasteiger partial charge in [0.15, 0.2) is 5.54 Å². The topological polar surface area (TPSA) is 69.2 Å². The summed E-state index contributed by atoms with van der Waals surface area (Å²) < 4.78 is 11.1. The molecular weight excluding hydrogens is 404 g/mol. The van der Waals surface area contributed by atoms with Gasteiger partial charge in [0.05, 0.1) is 7.11 Å². The van der Waals surface area contributed by atoms with Crippen molar-refractivity contribution in [3.8, 4) is 16.9 Å². The molecule has 3 aromatic rings. The van der Waals surface area contributed by atoms with E-state index in [2.05, 4.69) is 16.4 Å². The molecule has 0 radical (unpaired) electrons. The highest BCUT2D eigenvalue weighted by Gasteiger charge is 2.41. The second kappa shape index (κ2) is 8.47. The SMILES string of the molecule is COc1cccc(C2(c3cccc(-c4cccc(Cl)c4)c3)COC(NOC=O)=N2)c1. The van der Waals surface area contributed by atoms with Crippen LogP contribution in [0.1, 0.15) is 11.1 Å². The molecule has 0 bridgehead atoms. The Morgan fingerprint density at radius 3 is 2.47 bits per heavy atom. The Hall–Kier alpha value is -3.51. The summed E-state index contributed by atoms with van der Waals surface area (Å²) >= 11 is 6.18. The highest BCUT2D eigenvalue weighted by molar-refractivity contribution is 6.30. The Bertz CT molecular complexity index is 1100. The molecule has 0 fully saturated rings. The van der Waals surface area contributed by atoms with Crippen LogP contribution in [0.4, 0.5) is 0 Å². The minimum Gasteiger partial charge on any atom is -0.497 e. The molecule has 30 heavy (non-hydrogen) atoms. The van der Waals surface area contributed by atoms with Gasteiger partial charge in [-0.2, -0.15) is 5.48 Å². The molecule has 1 aliphatic heterocycles. The number of nitrogens with one attached hydrogen (secondary N) is 1. The molecular formula is C23H19ClN2O4. The third-order valence-electron chi connectivity index (χ3n) is 4.95. The quantitative estimate of drug-likeness (QED) is 0.473. The number of hydroxylamine groups is 1. The highest BCUT2D eigenvalue weighted by Crippen LogP contribution is 2.40. The van der Waals surface area contributed by atoms with Crippen molar-refractivity contribution in [1.29, 1.82) is 0 Å². The van der Waals surface area contributed by atoms with E-state index in [4.69, 9.17) is 26.1 Å². The molecule has 1 atom stereocenters. The standard InChI is InChI=1S/C23H19ClN2O4/c1-28-21-10-4-8-19(13-21)23(14-29-22(25-23)26-30-15-27)18-7-2-5-16(11-18)17-6-3-9-20(24)12-17/h2-13,15H,14H2,1H3,(H,25,26). The summed E-state index contributed by atoms with van der Waals surface area (Å²) in [6, 6.07) is 23.5. The minimum absolute atomic E-state index is 0.123. The van der Waals surface area contributed by atoms with Crippen LogP contribution >= 0.6 is 11.6 Å². The summed E-state index contributed by atoms with van der Waals surface area (Å²) in [5.74, 6) is 0.707. The van der Waals surface area contributed by atoms with Gasteiger partial charge in [-0.1, -0.05) is 54.1 Å². The van der Waals surface area contributed by atoms with Crippen LogP contribution in [0.25, 0.3) is 11.1 Å². The number of amidine groups is 1. The van der Waals surface area contributed by atoms with Crippen molar-refractivity contribution >= 4 is 24.1 Å². The lowest BCUT2D eigenvalue weighted by atomic mass is 9.83. The zero-order valence-corrected chi connectivity index (χ0v) is 16.9. The minimum atomic E-state index is -0.850. The van der Waals surface area contributed by atoms with Crippen molar-refractivity contribution in [1.82, 2.24) is 5.48 Å². The first-order valence-electron chi connectivity index (χ1n) is 9.23. The van der Waals surface area contributed by atoms with Gasteiger partial charge in [0, 0.05) is 5.02 Å². The van der Waals surface area contributed by atoms with Crippen LogP contribution in [-0.2, 0) is 19.9 Å². The molecule has 1 N–H and O–H groups in total. The number of methoxy groups -OCH3 is 1. The van der Waals surface area contributed by atoms with Crippen LogP contribution in [0.15, 0.2) is 77.8 Å². The number of carbonyl (C=O) groups is 1. The lowest BCUT2D eigenvalue weighted by molar-refractivity contribution is -0.132. The van der Waals surface area contributed by atoms with Crippen LogP contribution in [0.2, 0.25) is 5.02 Å². The van der Waals surface area contributed by atoms with Gasteiger partial charge in [-0.05, 0) is 52.6 Å². The second-order valence-electron chi connectivity index (χ2n) is 6.71. The van der Waals surface area contributed by atoms with Crippen LogP contribution in [0, 0.1) is 0 Å². The number of carbonyl (C=O) groups excluding carboxylic acids is 1. The molecule has 1 unspecified atom stereocenters. The van der Waals surface area contributed by atoms with E-state index in [-0.39, 0.29) is 19.1 Å². The Morgan fingerprint density at radius 2 is 1.73 bits per heavy atom.